The lowest BCUT2D eigenvalue weighted by atomic mass is 10.0. The molecular formula is C16H23BrClN3O2. The first kappa shape index (κ1) is 19.9. The molecule has 0 aliphatic carbocycles. The SMILES string of the molecule is Cl.O=C(CCC1CCNC1)NCCC(=O)Nc1ccc(Br)cc1. The van der Waals surface area contributed by atoms with Crippen LogP contribution in [-0.2, 0) is 9.59 Å². The Balaban J connectivity index is 0.00000264. The van der Waals surface area contributed by atoms with Crippen molar-refractivity contribution in [2.45, 2.75) is 25.7 Å². The first-order valence-corrected chi connectivity index (χ1v) is 8.45. The van der Waals surface area contributed by atoms with E-state index in [0.29, 0.717) is 18.9 Å². The quantitative estimate of drug-likeness (QED) is 0.654. The van der Waals surface area contributed by atoms with Crippen LogP contribution in [0.2, 0.25) is 0 Å². The highest BCUT2D eigenvalue weighted by Gasteiger charge is 2.15. The minimum absolute atomic E-state index is 0. The van der Waals surface area contributed by atoms with Crippen molar-refractivity contribution in [3.8, 4) is 0 Å². The van der Waals surface area contributed by atoms with Crippen molar-refractivity contribution in [3.63, 3.8) is 0 Å². The molecule has 1 heterocycles. The summed E-state index contributed by atoms with van der Waals surface area (Å²) >= 11 is 3.34. The van der Waals surface area contributed by atoms with E-state index in [2.05, 4.69) is 31.9 Å². The number of nitrogens with one attached hydrogen (secondary N) is 3. The van der Waals surface area contributed by atoms with Gasteiger partial charge < -0.3 is 16.0 Å². The zero-order valence-corrected chi connectivity index (χ0v) is 15.3. The van der Waals surface area contributed by atoms with Gasteiger partial charge in [-0.2, -0.15) is 0 Å². The second-order valence-electron chi connectivity index (χ2n) is 5.55. The van der Waals surface area contributed by atoms with Crippen LogP contribution in [0.3, 0.4) is 0 Å². The third kappa shape index (κ3) is 7.81. The molecule has 1 aliphatic heterocycles. The maximum Gasteiger partial charge on any atom is 0.226 e. The number of rotatable bonds is 7. The van der Waals surface area contributed by atoms with Gasteiger partial charge in [-0.25, -0.2) is 0 Å². The lowest BCUT2D eigenvalue weighted by Crippen LogP contribution is -2.28. The molecule has 1 aromatic carbocycles. The van der Waals surface area contributed by atoms with Crippen LogP contribution in [0.5, 0.6) is 0 Å². The van der Waals surface area contributed by atoms with Crippen LogP contribution < -0.4 is 16.0 Å². The Morgan fingerprint density at radius 2 is 1.91 bits per heavy atom. The molecule has 7 heteroatoms. The molecule has 1 aromatic rings. The molecular weight excluding hydrogens is 382 g/mol. The average molecular weight is 405 g/mol. The number of anilines is 1. The van der Waals surface area contributed by atoms with Gasteiger partial charge in [0.2, 0.25) is 11.8 Å². The number of halogens is 2. The average Bonchev–Trinajstić information content (AvgIpc) is 3.01. The molecule has 0 radical (unpaired) electrons. The predicted molar refractivity (Wildman–Crippen MR) is 97.9 cm³/mol. The van der Waals surface area contributed by atoms with Crippen molar-refractivity contribution in [1.29, 1.82) is 0 Å². The van der Waals surface area contributed by atoms with Gasteiger partial charge in [-0.05, 0) is 56.1 Å². The Hall–Kier alpha value is -1.11. The molecule has 5 nitrogen and oxygen atoms in total. The van der Waals surface area contributed by atoms with Gasteiger partial charge in [0, 0.05) is 29.5 Å². The van der Waals surface area contributed by atoms with E-state index in [1.807, 2.05) is 24.3 Å². The van der Waals surface area contributed by atoms with Crippen LogP contribution >= 0.6 is 28.3 Å². The number of hydrogen-bond donors (Lipinski definition) is 3. The van der Waals surface area contributed by atoms with Crippen molar-refractivity contribution in [2.24, 2.45) is 5.92 Å². The van der Waals surface area contributed by atoms with Crippen LogP contribution in [0, 0.1) is 5.92 Å². The molecule has 0 aromatic heterocycles. The highest BCUT2D eigenvalue weighted by molar-refractivity contribution is 9.10. The van der Waals surface area contributed by atoms with Gasteiger partial charge in [0.1, 0.15) is 0 Å². The van der Waals surface area contributed by atoms with Gasteiger partial charge in [-0.15, -0.1) is 12.4 Å². The molecule has 0 bridgehead atoms. The van der Waals surface area contributed by atoms with Crippen molar-refractivity contribution >= 4 is 45.8 Å². The summed E-state index contributed by atoms with van der Waals surface area (Å²) in [5.41, 5.74) is 0.758. The molecule has 1 unspecified atom stereocenters. The van der Waals surface area contributed by atoms with Gasteiger partial charge in [-0.3, -0.25) is 9.59 Å². The van der Waals surface area contributed by atoms with E-state index in [4.69, 9.17) is 0 Å². The fraction of sp³-hybridized carbons (Fsp3) is 0.500. The molecule has 1 atom stereocenters. The zero-order valence-electron chi connectivity index (χ0n) is 12.9. The van der Waals surface area contributed by atoms with Gasteiger partial charge in [0.05, 0.1) is 0 Å². The summed E-state index contributed by atoms with van der Waals surface area (Å²) in [6.07, 6.45) is 2.90. The Bertz CT molecular complexity index is 505. The summed E-state index contributed by atoms with van der Waals surface area (Å²) < 4.78 is 0.968. The van der Waals surface area contributed by atoms with Crippen LogP contribution in [0.1, 0.15) is 25.7 Å². The molecule has 3 N–H and O–H groups in total. The number of amides is 2. The van der Waals surface area contributed by atoms with Crippen LogP contribution in [0.25, 0.3) is 0 Å². The fourth-order valence-corrected chi connectivity index (χ4v) is 2.72. The summed E-state index contributed by atoms with van der Waals surface area (Å²) in [5.74, 6) is 0.553. The van der Waals surface area contributed by atoms with E-state index in [-0.39, 0.29) is 30.6 Å². The third-order valence-corrected chi connectivity index (χ3v) is 4.27. The predicted octanol–water partition coefficient (Wildman–Crippen LogP) is 2.71. The summed E-state index contributed by atoms with van der Waals surface area (Å²) in [4.78, 5) is 23.5. The molecule has 1 aliphatic rings. The summed E-state index contributed by atoms with van der Waals surface area (Å²) in [6, 6.07) is 7.40. The van der Waals surface area contributed by atoms with Crippen molar-refractivity contribution in [3.05, 3.63) is 28.7 Å². The molecule has 1 fully saturated rings. The molecule has 0 spiro atoms. The molecule has 2 amide bonds. The summed E-state index contributed by atoms with van der Waals surface area (Å²) in [7, 11) is 0. The monoisotopic (exact) mass is 403 g/mol. The van der Waals surface area contributed by atoms with E-state index < -0.39 is 0 Å². The lowest BCUT2D eigenvalue weighted by Gasteiger charge is -2.09. The number of carbonyl (C=O) groups is 2. The highest BCUT2D eigenvalue weighted by atomic mass is 79.9. The Morgan fingerprint density at radius 1 is 1.17 bits per heavy atom. The maximum atomic E-state index is 11.8. The third-order valence-electron chi connectivity index (χ3n) is 3.74. The van der Waals surface area contributed by atoms with E-state index >= 15 is 0 Å². The maximum absolute atomic E-state index is 11.8. The van der Waals surface area contributed by atoms with Crippen molar-refractivity contribution in [1.82, 2.24) is 10.6 Å². The van der Waals surface area contributed by atoms with Crippen molar-refractivity contribution in [2.75, 3.05) is 25.0 Å². The lowest BCUT2D eigenvalue weighted by molar-refractivity contribution is -0.121. The number of benzene rings is 1. The first-order chi connectivity index (χ1) is 10.6. The van der Waals surface area contributed by atoms with E-state index in [1.54, 1.807) is 0 Å². The number of carbonyl (C=O) groups excluding carboxylic acids is 2. The summed E-state index contributed by atoms with van der Waals surface area (Å²) in [6.45, 7) is 2.45. The van der Waals surface area contributed by atoms with Gasteiger partial charge in [0.15, 0.2) is 0 Å². The van der Waals surface area contributed by atoms with E-state index in [1.165, 1.54) is 0 Å². The first-order valence-electron chi connectivity index (χ1n) is 7.66. The normalized spacial score (nSPS) is 16.5. The smallest absolute Gasteiger partial charge is 0.226 e. The topological polar surface area (TPSA) is 70.2 Å². The van der Waals surface area contributed by atoms with E-state index in [0.717, 1.165) is 36.1 Å². The Labute approximate surface area is 151 Å². The fourth-order valence-electron chi connectivity index (χ4n) is 2.46. The van der Waals surface area contributed by atoms with Gasteiger partial charge in [0.25, 0.3) is 0 Å². The standard InChI is InChI=1S/C16H22BrN3O2.ClH/c17-13-2-4-14(5-3-13)20-16(22)8-10-19-15(21)6-1-12-7-9-18-11-12;/h2-5,12,18H,1,6-11H2,(H,19,21)(H,20,22);1H. The molecule has 0 saturated carbocycles. The van der Waals surface area contributed by atoms with Gasteiger partial charge in [-0.1, -0.05) is 15.9 Å². The second kappa shape index (κ2) is 10.6. The molecule has 23 heavy (non-hydrogen) atoms. The minimum Gasteiger partial charge on any atom is -0.356 e. The summed E-state index contributed by atoms with van der Waals surface area (Å²) in [5, 5.41) is 8.90. The van der Waals surface area contributed by atoms with Crippen molar-refractivity contribution < 1.29 is 9.59 Å². The zero-order chi connectivity index (χ0) is 15.8. The molecule has 128 valence electrons. The molecule has 1 saturated heterocycles. The second-order valence-corrected chi connectivity index (χ2v) is 6.47. The number of hydrogen-bond acceptors (Lipinski definition) is 3. The minimum atomic E-state index is -0.0948. The van der Waals surface area contributed by atoms with E-state index in [9.17, 15) is 9.59 Å². The van der Waals surface area contributed by atoms with Crippen LogP contribution in [-0.4, -0.2) is 31.4 Å². The largest absolute Gasteiger partial charge is 0.356 e. The Morgan fingerprint density at radius 3 is 2.57 bits per heavy atom. The highest BCUT2D eigenvalue weighted by Crippen LogP contribution is 2.15. The Kier molecular flexibility index (Phi) is 9.21. The van der Waals surface area contributed by atoms with Gasteiger partial charge >= 0.3 is 0 Å². The van der Waals surface area contributed by atoms with Crippen LogP contribution in [0.4, 0.5) is 5.69 Å². The molecule has 2 rings (SSSR count). The van der Waals surface area contributed by atoms with Crippen LogP contribution in [0.15, 0.2) is 28.7 Å².